The number of amides is 1. The number of carbonyl (C=O) groups is 1. The maximum atomic E-state index is 10.2. The fourth-order valence-corrected chi connectivity index (χ4v) is 1.84. The maximum absolute atomic E-state index is 10.2. The van der Waals surface area contributed by atoms with Crippen LogP contribution in [0, 0.1) is 0 Å². The summed E-state index contributed by atoms with van der Waals surface area (Å²) < 4.78 is 5.34. The molecule has 0 unspecified atom stereocenters. The summed E-state index contributed by atoms with van der Waals surface area (Å²) in [6.45, 7) is 0.551. The first-order valence-corrected chi connectivity index (χ1v) is 5.74. The van der Waals surface area contributed by atoms with Gasteiger partial charge in [-0.1, -0.05) is 42.5 Å². The van der Waals surface area contributed by atoms with Crippen molar-refractivity contribution in [3.8, 4) is 16.9 Å². The van der Waals surface area contributed by atoms with Crippen LogP contribution in [0.15, 0.2) is 48.5 Å². The van der Waals surface area contributed by atoms with E-state index in [0.29, 0.717) is 13.0 Å². The van der Waals surface area contributed by atoms with E-state index >= 15 is 0 Å². The van der Waals surface area contributed by atoms with E-state index in [4.69, 9.17) is 4.74 Å². The zero-order chi connectivity index (χ0) is 12.8. The van der Waals surface area contributed by atoms with Gasteiger partial charge in [0.25, 0.3) is 0 Å². The topological polar surface area (TPSA) is 38.3 Å². The molecule has 1 N–H and O–H groups in total. The smallest absolute Gasteiger partial charge is 0.207 e. The van der Waals surface area contributed by atoms with Crippen molar-refractivity contribution in [2.75, 3.05) is 7.11 Å². The third-order valence-corrected chi connectivity index (χ3v) is 2.76. The minimum absolute atomic E-state index is 0.551. The molecule has 0 saturated carbocycles. The summed E-state index contributed by atoms with van der Waals surface area (Å²) >= 11 is 0. The summed E-state index contributed by atoms with van der Waals surface area (Å²) in [5.41, 5.74) is 3.23. The molecule has 0 aromatic heterocycles. The number of hydrogen-bond donors (Lipinski definition) is 1. The number of hydrogen-bond acceptors (Lipinski definition) is 2. The van der Waals surface area contributed by atoms with Crippen LogP contribution in [0.1, 0.15) is 5.56 Å². The molecular formula is C15H15NO2. The van der Waals surface area contributed by atoms with E-state index in [1.807, 2.05) is 48.5 Å². The lowest BCUT2D eigenvalue weighted by Crippen LogP contribution is -2.09. The molecule has 0 spiro atoms. The van der Waals surface area contributed by atoms with Gasteiger partial charge in [0.2, 0.25) is 6.41 Å². The molecule has 2 rings (SSSR count). The van der Waals surface area contributed by atoms with Crippen molar-refractivity contribution in [2.24, 2.45) is 0 Å². The highest BCUT2D eigenvalue weighted by molar-refractivity contribution is 5.70. The van der Waals surface area contributed by atoms with Crippen molar-refractivity contribution in [3.63, 3.8) is 0 Å². The van der Waals surface area contributed by atoms with Crippen LogP contribution >= 0.6 is 0 Å². The summed E-state index contributed by atoms with van der Waals surface area (Å²) in [5.74, 6) is 0.858. The van der Waals surface area contributed by atoms with Gasteiger partial charge in [-0.2, -0.15) is 0 Å². The van der Waals surface area contributed by atoms with Crippen LogP contribution in [-0.2, 0) is 11.3 Å². The first-order chi connectivity index (χ1) is 8.85. The second kappa shape index (κ2) is 5.87. The monoisotopic (exact) mass is 241 g/mol. The molecule has 1 amide bonds. The standard InChI is InChI=1S/C15H15NO2/c1-18-15-5-3-2-4-14(15)13-8-6-12(7-9-13)10-16-11-17/h2-9,11H,10H2,1H3,(H,16,17). The highest BCUT2D eigenvalue weighted by Gasteiger charge is 2.04. The Morgan fingerprint density at radius 3 is 2.50 bits per heavy atom. The molecule has 3 heteroatoms. The lowest BCUT2D eigenvalue weighted by molar-refractivity contribution is -0.109. The Labute approximate surface area is 106 Å². The fourth-order valence-electron chi connectivity index (χ4n) is 1.84. The molecule has 0 fully saturated rings. The molecule has 0 aliphatic carbocycles. The molecule has 0 radical (unpaired) electrons. The summed E-state index contributed by atoms with van der Waals surface area (Å²) in [6.07, 6.45) is 0.703. The van der Waals surface area contributed by atoms with Gasteiger partial charge in [0, 0.05) is 12.1 Å². The normalized spacial score (nSPS) is 9.83. The number of carbonyl (C=O) groups excluding carboxylic acids is 1. The SMILES string of the molecule is COc1ccccc1-c1ccc(CNC=O)cc1. The number of benzene rings is 2. The third-order valence-electron chi connectivity index (χ3n) is 2.76. The van der Waals surface area contributed by atoms with Crippen LogP contribution in [0.5, 0.6) is 5.75 Å². The van der Waals surface area contributed by atoms with Gasteiger partial charge in [0.1, 0.15) is 5.75 Å². The maximum Gasteiger partial charge on any atom is 0.207 e. The van der Waals surface area contributed by atoms with Gasteiger partial charge in [-0.15, -0.1) is 0 Å². The second-order valence-electron chi connectivity index (χ2n) is 3.90. The van der Waals surface area contributed by atoms with Gasteiger partial charge < -0.3 is 10.1 Å². The van der Waals surface area contributed by atoms with Crippen LogP contribution in [0.25, 0.3) is 11.1 Å². The molecule has 0 aliphatic rings. The van der Waals surface area contributed by atoms with E-state index in [1.54, 1.807) is 7.11 Å². The van der Waals surface area contributed by atoms with Crippen molar-refractivity contribution in [3.05, 3.63) is 54.1 Å². The number of para-hydroxylation sites is 1. The summed E-state index contributed by atoms with van der Waals surface area (Å²) in [7, 11) is 1.67. The van der Waals surface area contributed by atoms with Gasteiger partial charge in [-0.25, -0.2) is 0 Å². The Morgan fingerprint density at radius 1 is 1.11 bits per heavy atom. The Bertz CT molecular complexity index is 520. The largest absolute Gasteiger partial charge is 0.496 e. The minimum Gasteiger partial charge on any atom is -0.496 e. The highest BCUT2D eigenvalue weighted by atomic mass is 16.5. The molecule has 2 aromatic carbocycles. The number of ether oxygens (including phenoxy) is 1. The van der Waals surface area contributed by atoms with E-state index in [0.717, 1.165) is 22.4 Å². The molecule has 92 valence electrons. The molecule has 3 nitrogen and oxygen atoms in total. The lowest BCUT2D eigenvalue weighted by atomic mass is 10.0. The molecule has 18 heavy (non-hydrogen) atoms. The van der Waals surface area contributed by atoms with Crippen LogP contribution < -0.4 is 10.1 Å². The Balaban J connectivity index is 2.25. The predicted octanol–water partition coefficient (Wildman–Crippen LogP) is 2.61. The first kappa shape index (κ1) is 12.2. The van der Waals surface area contributed by atoms with Gasteiger partial charge in [0.15, 0.2) is 0 Å². The minimum atomic E-state index is 0.551. The number of rotatable bonds is 5. The zero-order valence-corrected chi connectivity index (χ0v) is 10.2. The Morgan fingerprint density at radius 2 is 1.83 bits per heavy atom. The average Bonchev–Trinajstić information content (AvgIpc) is 2.45. The number of methoxy groups -OCH3 is 1. The Kier molecular flexibility index (Phi) is 3.97. The molecule has 2 aromatic rings. The molecular weight excluding hydrogens is 226 g/mol. The first-order valence-electron chi connectivity index (χ1n) is 5.74. The van der Waals surface area contributed by atoms with Crippen LogP contribution in [0.4, 0.5) is 0 Å². The van der Waals surface area contributed by atoms with E-state index in [1.165, 1.54) is 0 Å². The molecule has 0 aliphatic heterocycles. The fraction of sp³-hybridized carbons (Fsp3) is 0.133. The van der Waals surface area contributed by atoms with Crippen molar-refractivity contribution < 1.29 is 9.53 Å². The predicted molar refractivity (Wildman–Crippen MR) is 71.3 cm³/mol. The lowest BCUT2D eigenvalue weighted by Gasteiger charge is -2.09. The summed E-state index contributed by atoms with van der Waals surface area (Å²) in [4.78, 5) is 10.2. The van der Waals surface area contributed by atoms with Gasteiger partial charge in [-0.05, 0) is 17.2 Å². The quantitative estimate of drug-likeness (QED) is 0.817. The Hall–Kier alpha value is -2.29. The average molecular weight is 241 g/mol. The zero-order valence-electron chi connectivity index (χ0n) is 10.2. The van der Waals surface area contributed by atoms with E-state index in [2.05, 4.69) is 5.32 Å². The number of nitrogens with one attached hydrogen (secondary N) is 1. The van der Waals surface area contributed by atoms with Gasteiger partial charge >= 0.3 is 0 Å². The van der Waals surface area contributed by atoms with Crippen LogP contribution in [0.2, 0.25) is 0 Å². The van der Waals surface area contributed by atoms with Crippen LogP contribution in [-0.4, -0.2) is 13.5 Å². The van der Waals surface area contributed by atoms with Crippen molar-refractivity contribution in [1.82, 2.24) is 5.32 Å². The summed E-state index contributed by atoms with van der Waals surface area (Å²) in [5, 5.41) is 2.64. The molecule has 0 saturated heterocycles. The van der Waals surface area contributed by atoms with E-state index in [-0.39, 0.29) is 0 Å². The van der Waals surface area contributed by atoms with Crippen LogP contribution in [0.3, 0.4) is 0 Å². The molecule has 0 heterocycles. The third kappa shape index (κ3) is 2.69. The van der Waals surface area contributed by atoms with Gasteiger partial charge in [0.05, 0.1) is 7.11 Å². The van der Waals surface area contributed by atoms with Crippen molar-refractivity contribution >= 4 is 6.41 Å². The second-order valence-corrected chi connectivity index (χ2v) is 3.90. The van der Waals surface area contributed by atoms with Crippen molar-refractivity contribution in [2.45, 2.75) is 6.54 Å². The molecule has 0 atom stereocenters. The van der Waals surface area contributed by atoms with E-state index in [9.17, 15) is 4.79 Å². The van der Waals surface area contributed by atoms with Gasteiger partial charge in [-0.3, -0.25) is 4.79 Å². The van der Waals surface area contributed by atoms with Crippen molar-refractivity contribution in [1.29, 1.82) is 0 Å². The summed E-state index contributed by atoms with van der Waals surface area (Å²) in [6, 6.07) is 16.0. The highest BCUT2D eigenvalue weighted by Crippen LogP contribution is 2.29. The van der Waals surface area contributed by atoms with E-state index < -0.39 is 0 Å². The molecule has 0 bridgehead atoms.